The number of aromatic nitrogens is 2. The number of nitrogens with zero attached hydrogens (tertiary/aromatic N) is 4. The van der Waals surface area contributed by atoms with Crippen LogP contribution in [0.2, 0.25) is 0 Å². The van der Waals surface area contributed by atoms with E-state index >= 15 is 0 Å². The third-order valence-electron chi connectivity index (χ3n) is 4.74. The van der Waals surface area contributed by atoms with E-state index in [1.807, 2.05) is 25.1 Å². The van der Waals surface area contributed by atoms with Gasteiger partial charge in [0.1, 0.15) is 16.3 Å². The molecule has 1 aromatic heterocycles. The van der Waals surface area contributed by atoms with Crippen molar-refractivity contribution >= 4 is 32.3 Å². The summed E-state index contributed by atoms with van der Waals surface area (Å²) in [6.45, 7) is 3.57. The summed E-state index contributed by atoms with van der Waals surface area (Å²) in [4.78, 5) is -0.439. The van der Waals surface area contributed by atoms with Gasteiger partial charge in [0.05, 0.1) is 11.4 Å². The lowest BCUT2D eigenvalue weighted by Crippen LogP contribution is -1.99. The van der Waals surface area contributed by atoms with Crippen molar-refractivity contribution in [2.75, 3.05) is 0 Å². The second-order valence-electron chi connectivity index (χ2n) is 6.97. The molecular formula is C21H18N4O5S. The molecule has 158 valence electrons. The topological polar surface area (TPSA) is 137 Å². The van der Waals surface area contributed by atoms with Crippen LogP contribution >= 0.6 is 0 Å². The number of fused-ring (bicyclic) bond motifs is 1. The van der Waals surface area contributed by atoms with Crippen LogP contribution in [-0.4, -0.2) is 33.0 Å². The second-order valence-corrected chi connectivity index (χ2v) is 8.36. The monoisotopic (exact) mass is 438 g/mol. The van der Waals surface area contributed by atoms with Crippen LogP contribution in [0.25, 0.3) is 16.5 Å². The quantitative estimate of drug-likeness (QED) is 0.311. The van der Waals surface area contributed by atoms with Crippen LogP contribution in [0.15, 0.2) is 69.7 Å². The van der Waals surface area contributed by atoms with E-state index in [1.165, 1.54) is 10.7 Å². The van der Waals surface area contributed by atoms with Crippen LogP contribution in [0.3, 0.4) is 0 Å². The molecule has 0 fully saturated rings. The highest BCUT2D eigenvalue weighted by molar-refractivity contribution is 7.86. The van der Waals surface area contributed by atoms with Crippen LogP contribution in [0.4, 0.5) is 11.4 Å². The molecule has 9 nitrogen and oxygen atoms in total. The number of aryl methyl sites for hydroxylation is 2. The normalized spacial score (nSPS) is 12.1. The molecule has 0 unspecified atom stereocenters. The third kappa shape index (κ3) is 3.74. The Hall–Kier alpha value is -3.76. The summed E-state index contributed by atoms with van der Waals surface area (Å²) in [7, 11) is -4.57. The van der Waals surface area contributed by atoms with Crippen molar-refractivity contribution in [2.45, 2.75) is 18.7 Å². The molecular weight excluding hydrogens is 420 g/mol. The van der Waals surface area contributed by atoms with E-state index in [4.69, 9.17) is 0 Å². The van der Waals surface area contributed by atoms with Gasteiger partial charge in [-0.05, 0) is 31.5 Å². The van der Waals surface area contributed by atoms with E-state index in [0.29, 0.717) is 11.4 Å². The van der Waals surface area contributed by atoms with Gasteiger partial charge in [-0.3, -0.25) is 4.55 Å². The first-order valence-corrected chi connectivity index (χ1v) is 10.6. The molecule has 3 aromatic carbocycles. The van der Waals surface area contributed by atoms with Crippen molar-refractivity contribution in [3.05, 3.63) is 65.9 Å². The SMILES string of the molecule is Cc1cccc(-n2nc(C)c(N=Nc3c(O)cc(S(=O)(=O)O)c4ccccc34)c2O)c1. The van der Waals surface area contributed by atoms with E-state index in [0.717, 1.165) is 11.6 Å². The van der Waals surface area contributed by atoms with Crippen molar-refractivity contribution in [1.82, 2.24) is 9.78 Å². The Morgan fingerprint density at radius 2 is 1.58 bits per heavy atom. The van der Waals surface area contributed by atoms with E-state index in [9.17, 15) is 23.2 Å². The van der Waals surface area contributed by atoms with Crippen LogP contribution in [0.5, 0.6) is 11.6 Å². The van der Waals surface area contributed by atoms with Gasteiger partial charge in [0.2, 0.25) is 5.88 Å². The Bertz CT molecular complexity index is 1460. The molecule has 31 heavy (non-hydrogen) atoms. The first-order valence-electron chi connectivity index (χ1n) is 9.16. The molecule has 4 rings (SSSR count). The van der Waals surface area contributed by atoms with E-state index < -0.39 is 20.8 Å². The first kappa shape index (κ1) is 20.5. The van der Waals surface area contributed by atoms with Gasteiger partial charge in [0.15, 0.2) is 5.69 Å². The maximum absolute atomic E-state index is 11.7. The largest absolute Gasteiger partial charge is 0.506 e. The number of hydrogen-bond donors (Lipinski definition) is 3. The van der Waals surface area contributed by atoms with Crippen molar-refractivity contribution in [2.24, 2.45) is 10.2 Å². The van der Waals surface area contributed by atoms with Crippen LogP contribution in [0, 0.1) is 13.8 Å². The van der Waals surface area contributed by atoms with E-state index in [-0.39, 0.29) is 28.0 Å². The zero-order valence-electron chi connectivity index (χ0n) is 16.6. The van der Waals surface area contributed by atoms with Gasteiger partial charge in [-0.2, -0.15) is 18.2 Å². The molecule has 0 amide bonds. The van der Waals surface area contributed by atoms with Crippen molar-refractivity contribution in [3.63, 3.8) is 0 Å². The minimum atomic E-state index is -4.57. The molecule has 1 heterocycles. The predicted octanol–water partition coefficient (Wildman–Crippen LogP) is 4.72. The molecule has 0 aliphatic rings. The molecule has 0 radical (unpaired) electrons. The van der Waals surface area contributed by atoms with Gasteiger partial charge in [-0.15, -0.1) is 10.2 Å². The zero-order valence-corrected chi connectivity index (χ0v) is 17.4. The summed E-state index contributed by atoms with van der Waals surface area (Å²) in [6, 6.07) is 14.5. The lowest BCUT2D eigenvalue weighted by Gasteiger charge is -2.08. The molecule has 3 N–H and O–H groups in total. The summed E-state index contributed by atoms with van der Waals surface area (Å²) in [5.74, 6) is -0.719. The molecule has 0 aliphatic carbocycles. The van der Waals surface area contributed by atoms with Gasteiger partial charge in [-0.25, -0.2) is 0 Å². The van der Waals surface area contributed by atoms with Gasteiger partial charge in [-0.1, -0.05) is 36.4 Å². The Kier molecular flexibility index (Phi) is 4.96. The molecule has 4 aromatic rings. The number of hydrogen-bond acceptors (Lipinski definition) is 7. The first-order chi connectivity index (χ1) is 14.7. The molecule has 0 atom stereocenters. The molecule has 10 heteroatoms. The maximum Gasteiger partial charge on any atom is 0.295 e. The number of rotatable bonds is 4. The van der Waals surface area contributed by atoms with Crippen LogP contribution in [-0.2, 0) is 10.1 Å². The minimum Gasteiger partial charge on any atom is -0.506 e. The average Bonchev–Trinajstić information content (AvgIpc) is 3.00. The van der Waals surface area contributed by atoms with E-state index in [2.05, 4.69) is 15.3 Å². The summed E-state index contributed by atoms with van der Waals surface area (Å²) in [6.07, 6.45) is 0. The zero-order chi connectivity index (χ0) is 22.3. The van der Waals surface area contributed by atoms with Crippen molar-refractivity contribution < 1.29 is 23.2 Å². The molecule has 0 aliphatic heterocycles. The Morgan fingerprint density at radius 1 is 0.903 bits per heavy atom. The van der Waals surface area contributed by atoms with Crippen LogP contribution < -0.4 is 0 Å². The maximum atomic E-state index is 11.7. The van der Waals surface area contributed by atoms with Gasteiger partial charge in [0.25, 0.3) is 10.1 Å². The predicted molar refractivity (Wildman–Crippen MR) is 114 cm³/mol. The van der Waals surface area contributed by atoms with Crippen molar-refractivity contribution in [3.8, 4) is 17.3 Å². The fraction of sp³-hybridized carbons (Fsp3) is 0.0952. The summed E-state index contributed by atoms with van der Waals surface area (Å²) >= 11 is 0. The van der Waals surface area contributed by atoms with Crippen molar-refractivity contribution in [1.29, 1.82) is 0 Å². The number of benzene rings is 3. The smallest absolute Gasteiger partial charge is 0.295 e. The highest BCUT2D eigenvalue weighted by atomic mass is 32.2. The van der Waals surface area contributed by atoms with Gasteiger partial charge < -0.3 is 10.2 Å². The lowest BCUT2D eigenvalue weighted by atomic mass is 10.1. The van der Waals surface area contributed by atoms with Crippen LogP contribution in [0.1, 0.15) is 11.3 Å². The minimum absolute atomic E-state index is 0.00916. The summed E-state index contributed by atoms with van der Waals surface area (Å²) in [5, 5.41) is 33.9. The molecule has 0 saturated carbocycles. The fourth-order valence-corrected chi connectivity index (χ4v) is 4.01. The molecule has 0 saturated heterocycles. The standard InChI is InChI=1S/C21H18N4O5S/c1-12-6-5-7-14(10-12)25-21(27)19(13(2)24-25)22-23-20-16-9-4-3-8-15(16)18(11-17(20)26)31(28,29)30/h3-11,26-27H,1-2H3,(H,28,29,30). The third-order valence-corrected chi connectivity index (χ3v) is 5.63. The highest BCUT2D eigenvalue weighted by Gasteiger charge is 2.20. The highest BCUT2D eigenvalue weighted by Crippen LogP contribution is 2.41. The number of phenolic OH excluding ortho intramolecular Hbond substituents is 1. The van der Waals surface area contributed by atoms with Gasteiger partial charge in [0, 0.05) is 16.8 Å². The molecule has 0 spiro atoms. The number of phenols is 1. The summed E-state index contributed by atoms with van der Waals surface area (Å²) in [5.41, 5.74) is 2.13. The van der Waals surface area contributed by atoms with E-state index in [1.54, 1.807) is 31.2 Å². The number of azo groups is 1. The Balaban J connectivity index is 1.85. The number of aromatic hydroxyl groups is 2. The Labute approximate surface area is 177 Å². The summed E-state index contributed by atoms with van der Waals surface area (Å²) < 4.78 is 34.2. The second kappa shape index (κ2) is 7.49. The molecule has 0 bridgehead atoms. The fourth-order valence-electron chi connectivity index (χ4n) is 3.29. The average molecular weight is 438 g/mol. The lowest BCUT2D eigenvalue weighted by molar-refractivity contribution is 0.434. The Morgan fingerprint density at radius 3 is 2.26 bits per heavy atom. The van der Waals surface area contributed by atoms with Gasteiger partial charge >= 0.3 is 0 Å².